The van der Waals surface area contributed by atoms with Gasteiger partial charge in [0.2, 0.25) is 0 Å². The Hall–Kier alpha value is -3.19. The lowest BCUT2D eigenvalue weighted by atomic mass is 10.0. The van der Waals surface area contributed by atoms with Crippen LogP contribution in [-0.2, 0) is 9.59 Å². The molecule has 0 aromatic heterocycles. The number of hydrogen-bond donors (Lipinski definition) is 0. The van der Waals surface area contributed by atoms with Gasteiger partial charge in [-0.3, -0.25) is 9.59 Å². The highest BCUT2D eigenvalue weighted by atomic mass is 19.1. The fraction of sp³-hybridized carbons (Fsp3) is 0.360. The summed E-state index contributed by atoms with van der Waals surface area (Å²) in [4.78, 5) is 32.7. The molecule has 0 saturated carbocycles. The highest BCUT2D eigenvalue weighted by molar-refractivity contribution is 6.45. The number of amides is 2. The lowest BCUT2D eigenvalue weighted by Crippen LogP contribution is -2.47. The molecule has 1 fully saturated rings. The van der Waals surface area contributed by atoms with Crippen LogP contribution in [0.15, 0.2) is 54.2 Å². The van der Waals surface area contributed by atoms with E-state index in [2.05, 4.69) is 11.8 Å². The van der Waals surface area contributed by atoms with E-state index in [4.69, 9.17) is 4.74 Å². The zero-order chi connectivity index (χ0) is 22.7. The molecule has 2 heterocycles. The van der Waals surface area contributed by atoms with Crippen molar-refractivity contribution in [1.29, 1.82) is 0 Å². The van der Waals surface area contributed by atoms with Crippen molar-refractivity contribution < 1.29 is 18.7 Å². The molecular formula is C25H28FN3O3. The predicted molar refractivity (Wildman–Crippen MR) is 122 cm³/mol. The van der Waals surface area contributed by atoms with Gasteiger partial charge in [0.05, 0.1) is 17.9 Å². The molecule has 2 aliphatic heterocycles. The smallest absolute Gasteiger partial charge is 0.282 e. The van der Waals surface area contributed by atoms with E-state index < -0.39 is 5.91 Å². The topological polar surface area (TPSA) is 53.1 Å². The molecular weight excluding hydrogens is 409 g/mol. The number of carbonyl (C=O) groups excluding carboxylic acids is 2. The molecule has 4 rings (SSSR count). The van der Waals surface area contributed by atoms with E-state index in [1.807, 2.05) is 17.9 Å². The van der Waals surface area contributed by atoms with Crippen molar-refractivity contribution in [2.45, 2.75) is 20.3 Å². The van der Waals surface area contributed by atoms with Crippen LogP contribution in [0.25, 0.3) is 5.57 Å². The van der Waals surface area contributed by atoms with E-state index >= 15 is 0 Å². The average Bonchev–Trinajstić information content (AvgIpc) is 3.08. The minimum absolute atomic E-state index is 0.319. The quantitative estimate of drug-likeness (QED) is 0.621. The van der Waals surface area contributed by atoms with E-state index in [0.717, 1.165) is 26.1 Å². The van der Waals surface area contributed by atoms with Gasteiger partial charge in [-0.2, -0.15) is 0 Å². The Balaban J connectivity index is 1.72. The lowest BCUT2D eigenvalue weighted by Gasteiger charge is -2.36. The van der Waals surface area contributed by atoms with Crippen molar-refractivity contribution in [3.05, 3.63) is 65.6 Å². The van der Waals surface area contributed by atoms with E-state index in [-0.39, 0.29) is 11.7 Å². The Morgan fingerprint density at radius 1 is 0.938 bits per heavy atom. The molecule has 0 atom stereocenters. The third-order valence-corrected chi connectivity index (χ3v) is 5.88. The van der Waals surface area contributed by atoms with Crippen molar-refractivity contribution in [2.75, 3.05) is 44.2 Å². The molecule has 7 heteroatoms. The first-order valence-corrected chi connectivity index (χ1v) is 11.1. The molecule has 0 radical (unpaired) electrons. The van der Waals surface area contributed by atoms with Crippen LogP contribution in [0.5, 0.6) is 5.75 Å². The van der Waals surface area contributed by atoms with Gasteiger partial charge < -0.3 is 14.5 Å². The predicted octanol–water partition coefficient (Wildman–Crippen LogP) is 3.54. The maximum absolute atomic E-state index is 13.6. The van der Waals surface area contributed by atoms with Gasteiger partial charge in [-0.1, -0.05) is 32.0 Å². The molecule has 2 aromatic carbocycles. The summed E-state index contributed by atoms with van der Waals surface area (Å²) in [6, 6.07) is 12.8. The number of hydrogen-bond acceptors (Lipinski definition) is 5. The van der Waals surface area contributed by atoms with Crippen LogP contribution in [0, 0.1) is 5.82 Å². The van der Waals surface area contributed by atoms with Crippen LogP contribution in [-0.4, -0.2) is 60.9 Å². The third kappa shape index (κ3) is 4.25. The zero-order valence-corrected chi connectivity index (χ0v) is 18.5. The summed E-state index contributed by atoms with van der Waals surface area (Å²) in [5.41, 5.74) is 1.71. The summed E-state index contributed by atoms with van der Waals surface area (Å²) in [7, 11) is 0. The van der Waals surface area contributed by atoms with E-state index in [1.54, 1.807) is 30.3 Å². The van der Waals surface area contributed by atoms with Gasteiger partial charge in [0, 0.05) is 32.2 Å². The number of piperazine rings is 1. The minimum Gasteiger partial charge on any atom is -0.494 e. The number of likely N-dealkylation sites (N-methyl/N-ethyl adjacent to an activating group) is 1. The second-order valence-electron chi connectivity index (χ2n) is 7.94. The SMILES string of the molecule is CCCOc1cccc(N2C(=O)C(c3ccc(F)cc3)=C(N3CCN(CC)CC3)C2=O)c1. The minimum atomic E-state index is -0.401. The van der Waals surface area contributed by atoms with Crippen molar-refractivity contribution in [1.82, 2.24) is 9.80 Å². The molecule has 6 nitrogen and oxygen atoms in total. The number of anilines is 1. The Morgan fingerprint density at radius 2 is 1.66 bits per heavy atom. The van der Waals surface area contributed by atoms with Gasteiger partial charge >= 0.3 is 0 Å². The Bertz CT molecular complexity index is 1030. The third-order valence-electron chi connectivity index (χ3n) is 5.88. The van der Waals surface area contributed by atoms with Crippen LogP contribution in [0.3, 0.4) is 0 Å². The molecule has 168 valence electrons. The lowest BCUT2D eigenvalue weighted by molar-refractivity contribution is -0.120. The molecule has 1 saturated heterocycles. The van der Waals surface area contributed by atoms with Crippen molar-refractivity contribution in [3.8, 4) is 5.75 Å². The van der Waals surface area contributed by atoms with E-state index in [0.29, 0.717) is 48.0 Å². The van der Waals surface area contributed by atoms with E-state index in [1.165, 1.54) is 17.0 Å². The van der Waals surface area contributed by atoms with Gasteiger partial charge in [-0.15, -0.1) is 0 Å². The number of rotatable bonds is 7. The number of ether oxygens (including phenoxy) is 1. The summed E-state index contributed by atoms with van der Waals surface area (Å²) < 4.78 is 19.3. The second-order valence-corrected chi connectivity index (χ2v) is 7.94. The molecule has 2 aromatic rings. The largest absolute Gasteiger partial charge is 0.494 e. The normalized spacial score (nSPS) is 17.5. The molecule has 0 bridgehead atoms. The van der Waals surface area contributed by atoms with Crippen LogP contribution >= 0.6 is 0 Å². The number of halogens is 1. The van der Waals surface area contributed by atoms with Gasteiger partial charge in [0.25, 0.3) is 11.8 Å². The first-order valence-electron chi connectivity index (χ1n) is 11.1. The standard InChI is InChI=1S/C25H28FN3O3/c1-3-16-32-21-7-5-6-20(17-21)29-24(30)22(18-8-10-19(26)11-9-18)23(25(29)31)28-14-12-27(4-2)13-15-28/h5-11,17H,3-4,12-16H2,1-2H3. The number of imide groups is 1. The first kappa shape index (κ1) is 22.0. The van der Waals surface area contributed by atoms with Crippen LogP contribution < -0.4 is 9.64 Å². The van der Waals surface area contributed by atoms with Gasteiger partial charge in [0.1, 0.15) is 17.3 Å². The highest BCUT2D eigenvalue weighted by Gasteiger charge is 2.43. The zero-order valence-electron chi connectivity index (χ0n) is 18.5. The molecule has 0 unspecified atom stereocenters. The fourth-order valence-electron chi connectivity index (χ4n) is 4.14. The highest BCUT2D eigenvalue weighted by Crippen LogP contribution is 2.36. The Morgan fingerprint density at radius 3 is 2.31 bits per heavy atom. The summed E-state index contributed by atoms with van der Waals surface area (Å²) >= 11 is 0. The van der Waals surface area contributed by atoms with Crippen LogP contribution in [0.1, 0.15) is 25.8 Å². The number of nitrogens with zero attached hydrogens (tertiary/aromatic N) is 3. The summed E-state index contributed by atoms with van der Waals surface area (Å²) in [5, 5.41) is 0. The number of carbonyl (C=O) groups is 2. The molecule has 0 spiro atoms. The fourth-order valence-corrected chi connectivity index (χ4v) is 4.14. The molecule has 2 amide bonds. The van der Waals surface area contributed by atoms with Crippen molar-refractivity contribution in [3.63, 3.8) is 0 Å². The summed E-state index contributed by atoms with van der Waals surface area (Å²) in [6.45, 7) is 8.57. The van der Waals surface area contributed by atoms with Crippen molar-refractivity contribution in [2.24, 2.45) is 0 Å². The summed E-state index contributed by atoms with van der Waals surface area (Å²) in [5.74, 6) is -0.533. The second kappa shape index (κ2) is 9.53. The van der Waals surface area contributed by atoms with Gasteiger partial charge in [-0.25, -0.2) is 9.29 Å². The van der Waals surface area contributed by atoms with E-state index in [9.17, 15) is 14.0 Å². The summed E-state index contributed by atoms with van der Waals surface area (Å²) in [6.07, 6.45) is 0.857. The van der Waals surface area contributed by atoms with Crippen LogP contribution in [0.4, 0.5) is 10.1 Å². The number of benzene rings is 2. The van der Waals surface area contributed by atoms with Crippen LogP contribution in [0.2, 0.25) is 0 Å². The monoisotopic (exact) mass is 437 g/mol. The Labute approximate surface area is 187 Å². The maximum Gasteiger partial charge on any atom is 0.282 e. The molecule has 32 heavy (non-hydrogen) atoms. The van der Waals surface area contributed by atoms with Gasteiger partial charge in [0.15, 0.2) is 0 Å². The molecule has 0 N–H and O–H groups in total. The maximum atomic E-state index is 13.6. The Kier molecular flexibility index (Phi) is 6.55. The molecule has 2 aliphatic rings. The van der Waals surface area contributed by atoms with Crippen molar-refractivity contribution >= 4 is 23.1 Å². The molecule has 0 aliphatic carbocycles. The first-order chi connectivity index (χ1) is 15.5. The average molecular weight is 438 g/mol. The van der Waals surface area contributed by atoms with Gasteiger partial charge in [-0.05, 0) is 42.8 Å².